The molecule has 1 heterocycles. The van der Waals surface area contributed by atoms with E-state index >= 15 is 0 Å². The monoisotopic (exact) mass is 213 g/mol. The molecule has 0 spiro atoms. The van der Waals surface area contributed by atoms with Crippen molar-refractivity contribution in [3.63, 3.8) is 0 Å². The van der Waals surface area contributed by atoms with Gasteiger partial charge in [0.05, 0.1) is 5.02 Å². The van der Waals surface area contributed by atoms with Crippen LogP contribution < -0.4 is 5.46 Å². The minimum atomic E-state index is -1.47. The van der Waals surface area contributed by atoms with Crippen molar-refractivity contribution in [1.29, 1.82) is 0 Å². The van der Waals surface area contributed by atoms with Crippen molar-refractivity contribution >= 4 is 24.2 Å². The largest absolute Gasteiger partial charge is 0.491 e. The van der Waals surface area contributed by atoms with Gasteiger partial charge in [0, 0.05) is 23.9 Å². The SMILES string of the molecule is OB(O)c1cn(C2CCCC2)cc1Cl. The Morgan fingerprint density at radius 1 is 1.29 bits per heavy atom. The van der Waals surface area contributed by atoms with Crippen molar-refractivity contribution in [1.82, 2.24) is 4.57 Å². The summed E-state index contributed by atoms with van der Waals surface area (Å²) in [7, 11) is -1.47. The summed E-state index contributed by atoms with van der Waals surface area (Å²) in [6.45, 7) is 0. The summed E-state index contributed by atoms with van der Waals surface area (Å²) in [5.41, 5.74) is 0.401. The number of aromatic nitrogens is 1. The molecule has 0 bridgehead atoms. The van der Waals surface area contributed by atoms with Crippen LogP contribution in [0.25, 0.3) is 0 Å². The molecule has 1 aromatic heterocycles. The zero-order valence-corrected chi connectivity index (χ0v) is 8.61. The summed E-state index contributed by atoms with van der Waals surface area (Å²) in [5, 5.41) is 18.5. The Hall–Kier alpha value is -0.445. The fraction of sp³-hybridized carbons (Fsp3) is 0.556. The molecule has 0 atom stereocenters. The van der Waals surface area contributed by atoms with E-state index in [1.54, 1.807) is 12.4 Å². The molecule has 0 aromatic carbocycles. The van der Waals surface area contributed by atoms with E-state index < -0.39 is 7.12 Å². The van der Waals surface area contributed by atoms with Gasteiger partial charge in [-0.3, -0.25) is 0 Å². The second-order valence-electron chi connectivity index (χ2n) is 3.82. The number of nitrogens with zero attached hydrogens (tertiary/aromatic N) is 1. The van der Waals surface area contributed by atoms with Crippen molar-refractivity contribution in [3.05, 3.63) is 17.4 Å². The maximum absolute atomic E-state index is 9.02. The van der Waals surface area contributed by atoms with Gasteiger partial charge in [-0.05, 0) is 12.8 Å². The van der Waals surface area contributed by atoms with Crippen molar-refractivity contribution in [2.75, 3.05) is 0 Å². The quantitative estimate of drug-likeness (QED) is 0.718. The third kappa shape index (κ3) is 1.83. The van der Waals surface area contributed by atoms with E-state index in [0.717, 1.165) is 12.8 Å². The molecule has 0 radical (unpaired) electrons. The second kappa shape index (κ2) is 3.97. The van der Waals surface area contributed by atoms with Crippen LogP contribution in [0.15, 0.2) is 12.4 Å². The molecule has 1 aliphatic carbocycles. The Balaban J connectivity index is 2.22. The first kappa shape index (κ1) is 10.1. The van der Waals surface area contributed by atoms with Crippen LogP contribution in [0.1, 0.15) is 31.7 Å². The highest BCUT2D eigenvalue weighted by Gasteiger charge is 2.22. The Labute approximate surface area is 88.5 Å². The summed E-state index contributed by atoms with van der Waals surface area (Å²) in [5.74, 6) is 0. The van der Waals surface area contributed by atoms with Crippen LogP contribution in [0.3, 0.4) is 0 Å². The van der Waals surface area contributed by atoms with Crippen LogP contribution in [-0.2, 0) is 0 Å². The molecule has 14 heavy (non-hydrogen) atoms. The highest BCUT2D eigenvalue weighted by atomic mass is 35.5. The van der Waals surface area contributed by atoms with Gasteiger partial charge in [0.1, 0.15) is 0 Å². The average molecular weight is 213 g/mol. The number of hydrogen-bond acceptors (Lipinski definition) is 2. The van der Waals surface area contributed by atoms with E-state index in [4.69, 9.17) is 21.6 Å². The Kier molecular flexibility index (Phi) is 2.86. The average Bonchev–Trinajstić information content (AvgIpc) is 2.70. The zero-order chi connectivity index (χ0) is 10.1. The van der Waals surface area contributed by atoms with Crippen molar-refractivity contribution in [3.8, 4) is 0 Å². The molecule has 0 saturated heterocycles. The predicted octanol–water partition coefficient (Wildman–Crippen LogP) is 0.936. The van der Waals surface area contributed by atoms with E-state index in [9.17, 15) is 0 Å². The summed E-state index contributed by atoms with van der Waals surface area (Å²) >= 11 is 5.88. The number of hydrogen-bond donors (Lipinski definition) is 2. The molecule has 2 rings (SSSR count). The maximum Gasteiger partial charge on any atom is 0.491 e. The zero-order valence-electron chi connectivity index (χ0n) is 7.86. The van der Waals surface area contributed by atoms with Gasteiger partial charge < -0.3 is 14.6 Å². The van der Waals surface area contributed by atoms with Gasteiger partial charge in [-0.15, -0.1) is 0 Å². The van der Waals surface area contributed by atoms with E-state index in [0.29, 0.717) is 16.5 Å². The van der Waals surface area contributed by atoms with E-state index in [2.05, 4.69) is 0 Å². The van der Waals surface area contributed by atoms with E-state index in [1.165, 1.54) is 12.8 Å². The van der Waals surface area contributed by atoms with Gasteiger partial charge >= 0.3 is 7.12 Å². The topological polar surface area (TPSA) is 45.4 Å². The molecule has 0 unspecified atom stereocenters. The summed E-state index contributed by atoms with van der Waals surface area (Å²) in [6, 6.07) is 0.486. The minimum Gasteiger partial charge on any atom is -0.423 e. The first-order chi connectivity index (χ1) is 6.68. The lowest BCUT2D eigenvalue weighted by atomic mass is 9.83. The van der Waals surface area contributed by atoms with Crippen molar-refractivity contribution in [2.45, 2.75) is 31.7 Å². The highest BCUT2D eigenvalue weighted by molar-refractivity contribution is 6.62. The molecule has 0 aliphatic heterocycles. The molecular formula is C9H13BClNO2. The van der Waals surface area contributed by atoms with Crippen LogP contribution in [0, 0.1) is 0 Å². The molecule has 3 nitrogen and oxygen atoms in total. The van der Waals surface area contributed by atoms with Gasteiger partial charge in [0.25, 0.3) is 0 Å². The molecule has 1 aliphatic rings. The van der Waals surface area contributed by atoms with Crippen molar-refractivity contribution < 1.29 is 10.0 Å². The Bertz CT molecular complexity index is 321. The van der Waals surface area contributed by atoms with Gasteiger partial charge in [-0.2, -0.15) is 0 Å². The molecule has 5 heteroatoms. The molecule has 1 saturated carbocycles. The Morgan fingerprint density at radius 2 is 1.93 bits per heavy atom. The number of rotatable bonds is 2. The lowest BCUT2D eigenvalue weighted by molar-refractivity contribution is 0.425. The first-order valence-corrected chi connectivity index (χ1v) is 5.29. The van der Waals surface area contributed by atoms with Crippen LogP contribution >= 0.6 is 11.6 Å². The predicted molar refractivity (Wildman–Crippen MR) is 56.8 cm³/mol. The summed E-state index contributed by atoms with van der Waals surface area (Å²) < 4.78 is 2.00. The molecular weight excluding hydrogens is 200 g/mol. The normalized spacial score (nSPS) is 17.6. The van der Waals surface area contributed by atoms with Crippen LogP contribution in [0.5, 0.6) is 0 Å². The third-order valence-electron chi connectivity index (χ3n) is 2.85. The van der Waals surface area contributed by atoms with E-state index in [1.807, 2.05) is 4.57 Å². The minimum absolute atomic E-state index is 0.401. The molecule has 2 N–H and O–H groups in total. The summed E-state index contributed by atoms with van der Waals surface area (Å²) in [6.07, 6.45) is 8.34. The molecule has 76 valence electrons. The third-order valence-corrected chi connectivity index (χ3v) is 3.17. The lowest BCUT2D eigenvalue weighted by Crippen LogP contribution is -2.29. The van der Waals surface area contributed by atoms with Crippen molar-refractivity contribution in [2.24, 2.45) is 0 Å². The smallest absolute Gasteiger partial charge is 0.423 e. The Morgan fingerprint density at radius 3 is 2.43 bits per heavy atom. The van der Waals surface area contributed by atoms with E-state index in [-0.39, 0.29) is 0 Å². The second-order valence-corrected chi connectivity index (χ2v) is 4.23. The van der Waals surface area contributed by atoms with Crippen LogP contribution in [-0.4, -0.2) is 21.7 Å². The summed E-state index contributed by atoms with van der Waals surface area (Å²) in [4.78, 5) is 0. The molecule has 0 amide bonds. The lowest BCUT2D eigenvalue weighted by Gasteiger charge is -2.10. The fourth-order valence-electron chi connectivity index (χ4n) is 2.07. The molecule has 1 fully saturated rings. The fourth-order valence-corrected chi connectivity index (χ4v) is 2.33. The standard InChI is InChI=1S/C9H13BClNO2/c11-9-6-12(5-8(9)10(13)14)7-3-1-2-4-7/h5-7,13-14H,1-4H2. The molecule has 1 aromatic rings. The first-order valence-electron chi connectivity index (χ1n) is 4.91. The van der Waals surface area contributed by atoms with Gasteiger partial charge in [-0.25, -0.2) is 0 Å². The highest BCUT2D eigenvalue weighted by Crippen LogP contribution is 2.29. The van der Waals surface area contributed by atoms with Crippen LogP contribution in [0.2, 0.25) is 5.02 Å². The van der Waals surface area contributed by atoms with Gasteiger partial charge in [0.15, 0.2) is 0 Å². The van der Waals surface area contributed by atoms with Crippen LogP contribution in [0.4, 0.5) is 0 Å². The maximum atomic E-state index is 9.02. The number of halogens is 1. The van der Waals surface area contributed by atoms with Gasteiger partial charge in [0.2, 0.25) is 0 Å². The van der Waals surface area contributed by atoms with Gasteiger partial charge in [-0.1, -0.05) is 24.4 Å².